The quantitative estimate of drug-likeness (QED) is 0.657. The molecule has 0 atom stereocenters. The minimum Gasteiger partial charge on any atom is -0.457 e. The Labute approximate surface area is 129 Å². The maximum Gasteiger partial charge on any atom is 0.340 e. The topological polar surface area (TPSA) is 72.5 Å². The fourth-order valence-electron chi connectivity index (χ4n) is 2.55. The van der Waals surface area contributed by atoms with Crippen LogP contribution in [0.25, 0.3) is 0 Å². The highest BCUT2D eigenvalue weighted by Gasteiger charge is 2.44. The summed E-state index contributed by atoms with van der Waals surface area (Å²) in [7, 11) is 0. The van der Waals surface area contributed by atoms with E-state index >= 15 is 0 Å². The van der Waals surface area contributed by atoms with Gasteiger partial charge >= 0.3 is 5.97 Å². The molecule has 3 N–H and O–H groups in total. The lowest BCUT2D eigenvalue weighted by atomic mass is 9.94. The minimum atomic E-state index is -0.433. The van der Waals surface area contributed by atoms with Crippen molar-refractivity contribution in [2.45, 2.75) is 24.9 Å². The van der Waals surface area contributed by atoms with Gasteiger partial charge in [-0.15, -0.1) is 0 Å². The van der Waals surface area contributed by atoms with Gasteiger partial charge in [0, 0.05) is 11.1 Å². The summed E-state index contributed by atoms with van der Waals surface area (Å²) < 4.78 is 5.34. The lowest BCUT2D eigenvalue weighted by Gasteiger charge is -2.14. The molecule has 2 aromatic carbocycles. The van der Waals surface area contributed by atoms with Crippen LogP contribution in [0.3, 0.4) is 0 Å². The average Bonchev–Trinajstić information content (AvgIpc) is 3.35. The molecular weight excluding hydrogens is 278 g/mol. The Balaban J connectivity index is 1.76. The molecule has 4 heteroatoms. The van der Waals surface area contributed by atoms with Gasteiger partial charge in [-0.3, -0.25) is 0 Å². The number of nitrogen functional groups attached to an aromatic ring is 1. The van der Waals surface area contributed by atoms with Gasteiger partial charge in [0.15, 0.2) is 0 Å². The molecule has 0 heterocycles. The molecule has 0 spiro atoms. The van der Waals surface area contributed by atoms with Gasteiger partial charge in [0.05, 0.1) is 12.2 Å². The van der Waals surface area contributed by atoms with E-state index in [2.05, 4.69) is 0 Å². The molecule has 0 bridgehead atoms. The normalized spacial score (nSPS) is 15.3. The summed E-state index contributed by atoms with van der Waals surface area (Å²) >= 11 is 0. The molecule has 1 aliphatic rings. The summed E-state index contributed by atoms with van der Waals surface area (Å²) in [6, 6.07) is 14.9. The fourth-order valence-corrected chi connectivity index (χ4v) is 2.55. The Bertz CT molecular complexity index is 678. The third kappa shape index (κ3) is 2.83. The molecule has 2 aromatic rings. The van der Waals surface area contributed by atoms with Crippen LogP contribution in [0, 0.1) is 0 Å². The SMILES string of the molecule is Nc1ccc(C2(CO)CC2)cc1C(=O)OCc1ccccc1. The molecule has 0 aromatic heterocycles. The molecule has 1 fully saturated rings. The number of aliphatic hydroxyl groups excluding tert-OH is 1. The summed E-state index contributed by atoms with van der Waals surface area (Å²) in [6.45, 7) is 0.309. The van der Waals surface area contributed by atoms with Crippen LogP contribution in [0.4, 0.5) is 5.69 Å². The Kier molecular flexibility index (Phi) is 3.86. The van der Waals surface area contributed by atoms with Crippen LogP contribution in [0.15, 0.2) is 48.5 Å². The van der Waals surface area contributed by atoms with E-state index in [9.17, 15) is 9.90 Å². The largest absolute Gasteiger partial charge is 0.457 e. The lowest BCUT2D eigenvalue weighted by molar-refractivity contribution is 0.0473. The summed E-state index contributed by atoms with van der Waals surface area (Å²) in [4.78, 5) is 12.3. The number of carbonyl (C=O) groups is 1. The van der Waals surface area contributed by atoms with Crippen molar-refractivity contribution in [3.63, 3.8) is 0 Å². The van der Waals surface area contributed by atoms with Gasteiger partial charge in [0.25, 0.3) is 0 Å². The number of carbonyl (C=O) groups excluding carboxylic acids is 1. The lowest BCUT2D eigenvalue weighted by Crippen LogP contribution is -2.15. The Morgan fingerprint density at radius 3 is 2.55 bits per heavy atom. The minimum absolute atomic E-state index is 0.0927. The number of aliphatic hydroxyl groups is 1. The Morgan fingerprint density at radius 1 is 1.18 bits per heavy atom. The van der Waals surface area contributed by atoms with Gasteiger partial charge in [-0.05, 0) is 36.1 Å². The first-order valence-corrected chi connectivity index (χ1v) is 7.36. The molecule has 3 rings (SSSR count). The van der Waals surface area contributed by atoms with E-state index in [1.54, 1.807) is 12.1 Å². The van der Waals surface area contributed by atoms with Crippen molar-refractivity contribution >= 4 is 11.7 Å². The zero-order chi connectivity index (χ0) is 15.6. The van der Waals surface area contributed by atoms with Crippen LogP contribution >= 0.6 is 0 Å². The van der Waals surface area contributed by atoms with E-state index in [0.717, 1.165) is 24.0 Å². The standard InChI is InChI=1S/C18H19NO3/c19-16-7-6-14(18(12-20)8-9-18)10-15(16)17(21)22-11-13-4-2-1-3-5-13/h1-7,10,20H,8-9,11-12,19H2. The van der Waals surface area contributed by atoms with Crippen LogP contribution in [0.2, 0.25) is 0 Å². The molecular formula is C18H19NO3. The number of hydrogen-bond acceptors (Lipinski definition) is 4. The highest BCUT2D eigenvalue weighted by atomic mass is 16.5. The smallest absolute Gasteiger partial charge is 0.340 e. The molecule has 114 valence electrons. The van der Waals surface area contributed by atoms with Crippen molar-refractivity contribution in [3.8, 4) is 0 Å². The van der Waals surface area contributed by atoms with Crippen molar-refractivity contribution < 1.29 is 14.6 Å². The van der Waals surface area contributed by atoms with Gasteiger partial charge in [0.2, 0.25) is 0 Å². The summed E-state index contributed by atoms with van der Waals surface area (Å²) in [5, 5.41) is 9.51. The van der Waals surface area contributed by atoms with Crippen LogP contribution in [-0.2, 0) is 16.8 Å². The fraction of sp³-hybridized carbons (Fsp3) is 0.278. The van der Waals surface area contributed by atoms with Crippen LogP contribution in [0.1, 0.15) is 34.3 Å². The highest BCUT2D eigenvalue weighted by molar-refractivity contribution is 5.95. The average molecular weight is 297 g/mol. The van der Waals surface area contributed by atoms with E-state index in [0.29, 0.717) is 11.3 Å². The molecule has 0 radical (unpaired) electrons. The second-order valence-corrected chi connectivity index (χ2v) is 5.80. The molecule has 22 heavy (non-hydrogen) atoms. The number of benzene rings is 2. The van der Waals surface area contributed by atoms with Gasteiger partial charge in [-0.2, -0.15) is 0 Å². The first-order chi connectivity index (χ1) is 10.6. The van der Waals surface area contributed by atoms with Crippen molar-refractivity contribution in [3.05, 3.63) is 65.2 Å². The van der Waals surface area contributed by atoms with Crippen molar-refractivity contribution in [1.82, 2.24) is 0 Å². The summed E-state index contributed by atoms with van der Waals surface area (Å²) in [5.74, 6) is -0.433. The van der Waals surface area contributed by atoms with E-state index in [4.69, 9.17) is 10.5 Å². The Morgan fingerprint density at radius 2 is 1.91 bits per heavy atom. The van der Waals surface area contributed by atoms with Gasteiger partial charge in [-0.1, -0.05) is 36.4 Å². The zero-order valence-corrected chi connectivity index (χ0v) is 12.3. The maximum absolute atomic E-state index is 12.3. The van der Waals surface area contributed by atoms with Gasteiger partial charge in [0.1, 0.15) is 6.61 Å². The van der Waals surface area contributed by atoms with Crippen LogP contribution in [-0.4, -0.2) is 17.7 Å². The first kappa shape index (κ1) is 14.6. The number of rotatable bonds is 5. The molecule has 0 saturated heterocycles. The second-order valence-electron chi connectivity index (χ2n) is 5.80. The predicted molar refractivity (Wildman–Crippen MR) is 84.4 cm³/mol. The number of hydrogen-bond donors (Lipinski definition) is 2. The Hall–Kier alpha value is -2.33. The molecule has 1 saturated carbocycles. The molecule has 0 amide bonds. The molecule has 0 unspecified atom stereocenters. The zero-order valence-electron chi connectivity index (χ0n) is 12.3. The summed E-state index contributed by atoms with van der Waals surface area (Å²) in [5.41, 5.74) is 8.36. The molecule has 0 aliphatic heterocycles. The van der Waals surface area contributed by atoms with Crippen molar-refractivity contribution in [2.24, 2.45) is 0 Å². The molecule has 1 aliphatic carbocycles. The summed E-state index contributed by atoms with van der Waals surface area (Å²) in [6.07, 6.45) is 1.87. The van der Waals surface area contributed by atoms with E-state index in [1.807, 2.05) is 36.4 Å². The maximum atomic E-state index is 12.3. The van der Waals surface area contributed by atoms with E-state index < -0.39 is 5.97 Å². The highest BCUT2D eigenvalue weighted by Crippen LogP contribution is 2.48. The predicted octanol–water partition coefficient (Wildman–Crippen LogP) is 2.65. The van der Waals surface area contributed by atoms with Crippen molar-refractivity contribution in [2.75, 3.05) is 12.3 Å². The number of anilines is 1. The number of ether oxygens (including phenoxy) is 1. The third-order valence-electron chi connectivity index (χ3n) is 4.25. The first-order valence-electron chi connectivity index (χ1n) is 7.36. The van der Waals surface area contributed by atoms with Gasteiger partial charge in [-0.25, -0.2) is 4.79 Å². The van der Waals surface area contributed by atoms with Crippen molar-refractivity contribution in [1.29, 1.82) is 0 Å². The van der Waals surface area contributed by atoms with Gasteiger partial charge < -0.3 is 15.6 Å². The van der Waals surface area contributed by atoms with Crippen LogP contribution in [0.5, 0.6) is 0 Å². The third-order valence-corrected chi connectivity index (χ3v) is 4.25. The van der Waals surface area contributed by atoms with E-state index in [-0.39, 0.29) is 18.6 Å². The number of nitrogens with two attached hydrogens (primary N) is 1. The van der Waals surface area contributed by atoms with E-state index in [1.165, 1.54) is 0 Å². The monoisotopic (exact) mass is 297 g/mol. The number of esters is 1. The molecule has 4 nitrogen and oxygen atoms in total. The second kappa shape index (κ2) is 5.81. The van der Waals surface area contributed by atoms with Crippen LogP contribution < -0.4 is 5.73 Å².